The molecule has 0 aliphatic rings. The van der Waals surface area contributed by atoms with Crippen molar-refractivity contribution >= 4 is 11.8 Å². The molecular formula is C20H19NO4S. The fraction of sp³-hybridized carbons (Fsp3) is 0.150. The van der Waals surface area contributed by atoms with Gasteiger partial charge in [0, 0.05) is 15.9 Å². The molecule has 0 amide bonds. The average molecular weight is 369 g/mol. The van der Waals surface area contributed by atoms with Gasteiger partial charge in [-0.2, -0.15) is 0 Å². The van der Waals surface area contributed by atoms with Gasteiger partial charge in [-0.05, 0) is 67.1 Å². The van der Waals surface area contributed by atoms with Crippen molar-refractivity contribution in [3.63, 3.8) is 0 Å². The first-order chi connectivity index (χ1) is 12.5. The molecule has 0 saturated carbocycles. The topological polar surface area (TPSA) is 60.7 Å². The van der Waals surface area contributed by atoms with Crippen LogP contribution in [-0.4, -0.2) is 17.0 Å². The van der Waals surface area contributed by atoms with E-state index in [1.807, 2.05) is 48.5 Å². The van der Waals surface area contributed by atoms with E-state index in [0.717, 1.165) is 21.1 Å². The summed E-state index contributed by atoms with van der Waals surface area (Å²) in [5, 5.41) is 9.76. The molecule has 0 fully saturated rings. The summed E-state index contributed by atoms with van der Waals surface area (Å²) >= 11 is 1.64. The lowest BCUT2D eigenvalue weighted by Crippen LogP contribution is -2.21. The van der Waals surface area contributed by atoms with E-state index in [4.69, 9.17) is 9.47 Å². The average Bonchev–Trinajstić information content (AvgIpc) is 2.65. The monoisotopic (exact) mass is 369 g/mol. The SMILES string of the molecule is COc1ccc(Sc2ccc(OCc3cc(C)cc(=O)n3O)cc2)cc1. The van der Waals surface area contributed by atoms with Gasteiger partial charge in [0.15, 0.2) is 0 Å². The van der Waals surface area contributed by atoms with Crippen LogP contribution in [0.25, 0.3) is 0 Å². The first-order valence-electron chi connectivity index (χ1n) is 8.02. The molecule has 1 N–H and O–H groups in total. The second-order valence-corrected chi connectivity index (χ2v) is 6.86. The van der Waals surface area contributed by atoms with E-state index < -0.39 is 5.56 Å². The maximum absolute atomic E-state index is 11.6. The van der Waals surface area contributed by atoms with Gasteiger partial charge in [0.05, 0.1) is 12.8 Å². The lowest BCUT2D eigenvalue weighted by molar-refractivity contribution is 0.147. The number of aryl methyl sites for hydroxylation is 1. The molecule has 3 rings (SSSR count). The molecule has 0 bridgehead atoms. The van der Waals surface area contributed by atoms with Crippen LogP contribution in [0.5, 0.6) is 11.5 Å². The number of aromatic nitrogens is 1. The number of rotatable bonds is 6. The predicted molar refractivity (Wildman–Crippen MR) is 101 cm³/mol. The van der Waals surface area contributed by atoms with Crippen molar-refractivity contribution in [1.29, 1.82) is 0 Å². The molecule has 6 heteroatoms. The zero-order valence-corrected chi connectivity index (χ0v) is 15.3. The van der Waals surface area contributed by atoms with E-state index in [0.29, 0.717) is 16.2 Å². The Hall–Kier alpha value is -2.86. The van der Waals surface area contributed by atoms with Crippen LogP contribution in [0, 0.1) is 6.92 Å². The number of pyridine rings is 1. The van der Waals surface area contributed by atoms with Crippen molar-refractivity contribution in [2.45, 2.75) is 23.3 Å². The van der Waals surface area contributed by atoms with Crippen molar-refractivity contribution in [1.82, 2.24) is 4.73 Å². The summed E-state index contributed by atoms with van der Waals surface area (Å²) in [5.74, 6) is 1.50. The van der Waals surface area contributed by atoms with E-state index in [1.165, 1.54) is 6.07 Å². The second kappa shape index (κ2) is 8.01. The van der Waals surface area contributed by atoms with Crippen LogP contribution in [-0.2, 0) is 6.61 Å². The standard InChI is InChI=1S/C20H19NO4S/c1-14-11-15(21(23)20(22)12-14)13-25-17-5-9-19(10-6-17)26-18-7-3-16(24-2)4-8-18/h3-12,23H,13H2,1-2H3. The summed E-state index contributed by atoms with van der Waals surface area (Å²) in [6, 6.07) is 18.6. The Morgan fingerprint density at radius 3 is 2.12 bits per heavy atom. The van der Waals surface area contributed by atoms with Crippen molar-refractivity contribution in [2.24, 2.45) is 0 Å². The third-order valence-electron chi connectivity index (χ3n) is 3.73. The molecule has 26 heavy (non-hydrogen) atoms. The van der Waals surface area contributed by atoms with E-state index in [9.17, 15) is 10.0 Å². The molecule has 0 unspecified atom stereocenters. The van der Waals surface area contributed by atoms with Crippen molar-refractivity contribution in [2.75, 3.05) is 7.11 Å². The molecule has 0 atom stereocenters. The maximum atomic E-state index is 11.6. The van der Waals surface area contributed by atoms with Crippen molar-refractivity contribution in [3.8, 4) is 11.5 Å². The predicted octanol–water partition coefficient (Wildman–Crippen LogP) is 4.13. The molecule has 0 aliphatic carbocycles. The first-order valence-corrected chi connectivity index (χ1v) is 8.83. The molecule has 134 valence electrons. The minimum Gasteiger partial charge on any atom is -0.497 e. The van der Waals surface area contributed by atoms with Crippen LogP contribution >= 0.6 is 11.8 Å². The first kappa shape index (κ1) is 17.9. The zero-order chi connectivity index (χ0) is 18.5. The summed E-state index contributed by atoms with van der Waals surface area (Å²) in [5.41, 5.74) is 0.728. The van der Waals surface area contributed by atoms with Gasteiger partial charge in [-0.25, -0.2) is 0 Å². The molecule has 2 aromatic carbocycles. The molecule has 0 spiro atoms. The van der Waals surface area contributed by atoms with Crippen LogP contribution in [0.3, 0.4) is 0 Å². The number of hydrogen-bond donors (Lipinski definition) is 1. The molecule has 0 aliphatic heterocycles. The highest BCUT2D eigenvalue weighted by Crippen LogP contribution is 2.30. The van der Waals surface area contributed by atoms with Crippen molar-refractivity contribution in [3.05, 3.63) is 82.3 Å². The Kier molecular flexibility index (Phi) is 5.53. The Labute approximate surface area is 155 Å². The minimum atomic E-state index is -0.463. The highest BCUT2D eigenvalue weighted by atomic mass is 32.2. The van der Waals surface area contributed by atoms with Crippen LogP contribution < -0.4 is 15.0 Å². The number of methoxy groups -OCH3 is 1. The van der Waals surface area contributed by atoms with E-state index in [-0.39, 0.29) is 6.61 Å². The minimum absolute atomic E-state index is 0.110. The molecule has 3 aromatic rings. The summed E-state index contributed by atoms with van der Waals surface area (Å²) in [4.78, 5) is 13.8. The lowest BCUT2D eigenvalue weighted by Gasteiger charge is -2.10. The smallest absolute Gasteiger partial charge is 0.283 e. The fourth-order valence-electron chi connectivity index (χ4n) is 2.41. The maximum Gasteiger partial charge on any atom is 0.283 e. The Morgan fingerprint density at radius 2 is 1.54 bits per heavy atom. The number of hydrogen-bond acceptors (Lipinski definition) is 5. The molecule has 0 radical (unpaired) electrons. The van der Waals surface area contributed by atoms with Gasteiger partial charge in [-0.3, -0.25) is 4.79 Å². The molecule has 1 heterocycles. The highest BCUT2D eigenvalue weighted by molar-refractivity contribution is 7.99. The third-order valence-corrected chi connectivity index (χ3v) is 4.75. The summed E-state index contributed by atoms with van der Waals surface area (Å²) in [7, 11) is 1.65. The number of benzene rings is 2. The van der Waals surface area contributed by atoms with Gasteiger partial charge < -0.3 is 14.7 Å². The van der Waals surface area contributed by atoms with E-state index in [1.54, 1.807) is 31.9 Å². The highest BCUT2D eigenvalue weighted by Gasteiger charge is 2.05. The normalized spacial score (nSPS) is 10.5. The van der Waals surface area contributed by atoms with Crippen LogP contribution in [0.15, 0.2) is 75.2 Å². The van der Waals surface area contributed by atoms with Gasteiger partial charge in [-0.15, -0.1) is 4.73 Å². The lowest BCUT2D eigenvalue weighted by atomic mass is 10.2. The van der Waals surface area contributed by atoms with Crippen LogP contribution in [0.2, 0.25) is 0 Å². The van der Waals surface area contributed by atoms with Gasteiger partial charge in [0.2, 0.25) is 0 Å². The quantitative estimate of drug-likeness (QED) is 0.662. The zero-order valence-electron chi connectivity index (χ0n) is 14.5. The van der Waals surface area contributed by atoms with E-state index >= 15 is 0 Å². The van der Waals surface area contributed by atoms with Crippen LogP contribution in [0.4, 0.5) is 0 Å². The van der Waals surface area contributed by atoms with E-state index in [2.05, 4.69) is 0 Å². The Morgan fingerprint density at radius 1 is 0.962 bits per heavy atom. The number of nitrogens with zero attached hydrogens (tertiary/aromatic N) is 1. The van der Waals surface area contributed by atoms with Gasteiger partial charge in [0.1, 0.15) is 18.1 Å². The molecular weight excluding hydrogens is 350 g/mol. The number of ether oxygens (including phenoxy) is 2. The largest absolute Gasteiger partial charge is 0.497 e. The van der Waals surface area contributed by atoms with Gasteiger partial charge in [-0.1, -0.05) is 11.8 Å². The Balaban J connectivity index is 1.63. The summed E-state index contributed by atoms with van der Waals surface area (Å²) in [6.07, 6.45) is 0. The Bertz CT molecular complexity index is 934. The summed E-state index contributed by atoms with van der Waals surface area (Å²) in [6.45, 7) is 1.91. The molecule has 5 nitrogen and oxygen atoms in total. The molecule has 1 aromatic heterocycles. The second-order valence-electron chi connectivity index (χ2n) is 5.71. The van der Waals surface area contributed by atoms with Gasteiger partial charge in [0.25, 0.3) is 5.56 Å². The van der Waals surface area contributed by atoms with Crippen molar-refractivity contribution < 1.29 is 14.7 Å². The van der Waals surface area contributed by atoms with Gasteiger partial charge >= 0.3 is 0 Å². The third kappa shape index (κ3) is 4.40. The molecule has 0 saturated heterocycles. The van der Waals surface area contributed by atoms with Crippen LogP contribution in [0.1, 0.15) is 11.3 Å². The summed E-state index contributed by atoms with van der Waals surface area (Å²) < 4.78 is 11.4. The fourth-order valence-corrected chi connectivity index (χ4v) is 3.22.